The van der Waals surface area contributed by atoms with Gasteiger partial charge in [0.05, 0.1) is 5.92 Å². The Kier molecular flexibility index (Phi) is 8.12. The maximum Gasteiger partial charge on any atom is 0.310 e. The fraction of sp³-hybridized carbons (Fsp3) is 0.533. The van der Waals surface area contributed by atoms with Gasteiger partial charge in [-0.2, -0.15) is 0 Å². The van der Waals surface area contributed by atoms with Crippen molar-refractivity contribution in [2.75, 3.05) is 0 Å². The average molecular weight is 236 g/mol. The van der Waals surface area contributed by atoms with Crippen LogP contribution >= 0.6 is 0 Å². The number of carbonyl (C=O) groups is 1. The van der Waals surface area contributed by atoms with E-state index in [1.807, 2.05) is 52.0 Å². The molecule has 1 aliphatic rings. The third kappa shape index (κ3) is 4.22. The van der Waals surface area contributed by atoms with E-state index < -0.39 is 5.97 Å². The minimum Gasteiger partial charge on any atom is -0.481 e. The van der Waals surface area contributed by atoms with Crippen LogP contribution in [0.5, 0.6) is 0 Å². The number of rotatable bonds is 1. The molecule has 1 aromatic carbocycles. The molecule has 0 saturated carbocycles. The standard InChI is InChI=1S/C11H12O2.2C2H6/c12-11(13)10-7-3-5-8-4-1-2-6-9(8)10;2*1-2/h1-2,4,6,10H,3,5,7H2,(H,12,13);2*1-2H3. The molecule has 2 rings (SSSR count). The number of benzene rings is 1. The van der Waals surface area contributed by atoms with E-state index in [0.29, 0.717) is 0 Å². The van der Waals surface area contributed by atoms with Crippen molar-refractivity contribution in [1.82, 2.24) is 0 Å². The van der Waals surface area contributed by atoms with E-state index in [1.54, 1.807) is 0 Å². The van der Waals surface area contributed by atoms with Crippen LogP contribution in [0.1, 0.15) is 57.6 Å². The topological polar surface area (TPSA) is 37.3 Å². The van der Waals surface area contributed by atoms with Crippen molar-refractivity contribution in [1.29, 1.82) is 0 Å². The van der Waals surface area contributed by atoms with Gasteiger partial charge in [-0.15, -0.1) is 0 Å². The Balaban J connectivity index is 0.000000581. The molecule has 0 heterocycles. The number of aryl methyl sites for hydroxylation is 1. The highest BCUT2D eigenvalue weighted by Crippen LogP contribution is 2.31. The molecule has 2 nitrogen and oxygen atoms in total. The van der Waals surface area contributed by atoms with Crippen LogP contribution in [-0.4, -0.2) is 11.1 Å². The predicted octanol–water partition coefficient (Wildman–Crippen LogP) is 4.24. The third-order valence-corrected chi connectivity index (χ3v) is 2.67. The van der Waals surface area contributed by atoms with Crippen LogP contribution in [0, 0.1) is 0 Å². The van der Waals surface area contributed by atoms with Crippen LogP contribution in [0.4, 0.5) is 0 Å². The first kappa shape index (κ1) is 15.7. The number of carboxylic acids is 1. The van der Waals surface area contributed by atoms with E-state index in [1.165, 1.54) is 5.56 Å². The number of hydrogen-bond acceptors (Lipinski definition) is 1. The van der Waals surface area contributed by atoms with Gasteiger partial charge in [0, 0.05) is 0 Å². The van der Waals surface area contributed by atoms with Crippen LogP contribution in [0.25, 0.3) is 0 Å². The van der Waals surface area contributed by atoms with E-state index in [-0.39, 0.29) is 5.92 Å². The number of carboxylic acid groups (broad SMARTS) is 1. The Hall–Kier alpha value is -1.31. The minimum atomic E-state index is -0.688. The molecule has 0 aromatic heterocycles. The summed E-state index contributed by atoms with van der Waals surface area (Å²) in [6.07, 6.45) is 2.81. The van der Waals surface area contributed by atoms with E-state index in [2.05, 4.69) is 0 Å². The van der Waals surface area contributed by atoms with Gasteiger partial charge in [-0.1, -0.05) is 52.0 Å². The molecule has 1 aromatic rings. The molecule has 2 heteroatoms. The van der Waals surface area contributed by atoms with Crippen LogP contribution in [-0.2, 0) is 11.2 Å². The Morgan fingerprint density at radius 3 is 2.35 bits per heavy atom. The highest BCUT2D eigenvalue weighted by Gasteiger charge is 2.25. The molecule has 17 heavy (non-hydrogen) atoms. The summed E-state index contributed by atoms with van der Waals surface area (Å²) in [6, 6.07) is 7.86. The molecule has 0 saturated heterocycles. The average Bonchev–Trinajstić information content (AvgIpc) is 2.42. The maximum atomic E-state index is 10.9. The van der Waals surface area contributed by atoms with E-state index in [4.69, 9.17) is 5.11 Å². The molecule has 0 aliphatic heterocycles. The molecular weight excluding hydrogens is 212 g/mol. The zero-order valence-corrected chi connectivity index (χ0v) is 11.4. The molecular formula is C15H24O2. The summed E-state index contributed by atoms with van der Waals surface area (Å²) in [4.78, 5) is 10.9. The molecule has 0 spiro atoms. The van der Waals surface area contributed by atoms with Gasteiger partial charge in [-0.25, -0.2) is 0 Å². The lowest BCUT2D eigenvalue weighted by molar-refractivity contribution is -0.139. The maximum absolute atomic E-state index is 10.9. The lowest BCUT2D eigenvalue weighted by Gasteiger charge is -2.21. The normalized spacial score (nSPS) is 16.6. The largest absolute Gasteiger partial charge is 0.481 e. The quantitative estimate of drug-likeness (QED) is 0.791. The molecule has 1 atom stereocenters. The summed E-state index contributed by atoms with van der Waals surface area (Å²) in [5.41, 5.74) is 2.22. The molecule has 1 unspecified atom stereocenters. The van der Waals surface area contributed by atoms with E-state index in [9.17, 15) is 4.79 Å². The van der Waals surface area contributed by atoms with Gasteiger partial charge in [0.2, 0.25) is 0 Å². The lowest BCUT2D eigenvalue weighted by atomic mass is 9.83. The van der Waals surface area contributed by atoms with Crippen LogP contribution < -0.4 is 0 Å². The van der Waals surface area contributed by atoms with Crippen molar-refractivity contribution in [3.8, 4) is 0 Å². The summed E-state index contributed by atoms with van der Waals surface area (Å²) in [7, 11) is 0. The van der Waals surface area contributed by atoms with Crippen molar-refractivity contribution in [2.45, 2.75) is 52.9 Å². The molecule has 0 fully saturated rings. The van der Waals surface area contributed by atoms with Crippen molar-refractivity contribution in [2.24, 2.45) is 0 Å². The van der Waals surface area contributed by atoms with Gasteiger partial charge in [-0.3, -0.25) is 4.79 Å². The van der Waals surface area contributed by atoms with Gasteiger partial charge in [0.15, 0.2) is 0 Å². The highest BCUT2D eigenvalue weighted by molar-refractivity contribution is 5.77. The van der Waals surface area contributed by atoms with E-state index in [0.717, 1.165) is 24.8 Å². The fourth-order valence-corrected chi connectivity index (χ4v) is 2.01. The van der Waals surface area contributed by atoms with Crippen molar-refractivity contribution >= 4 is 5.97 Å². The van der Waals surface area contributed by atoms with Crippen molar-refractivity contribution in [3.63, 3.8) is 0 Å². The smallest absolute Gasteiger partial charge is 0.310 e. The summed E-state index contributed by atoms with van der Waals surface area (Å²) < 4.78 is 0. The Labute approximate surface area is 105 Å². The summed E-state index contributed by atoms with van der Waals surface area (Å²) >= 11 is 0. The van der Waals surface area contributed by atoms with Crippen LogP contribution in [0.2, 0.25) is 0 Å². The van der Waals surface area contributed by atoms with Gasteiger partial charge < -0.3 is 5.11 Å². The van der Waals surface area contributed by atoms with Gasteiger partial charge in [-0.05, 0) is 30.4 Å². The molecule has 0 radical (unpaired) electrons. The van der Waals surface area contributed by atoms with E-state index >= 15 is 0 Å². The fourth-order valence-electron chi connectivity index (χ4n) is 2.01. The second kappa shape index (κ2) is 8.80. The second-order valence-electron chi connectivity index (χ2n) is 3.48. The summed E-state index contributed by atoms with van der Waals surface area (Å²) in [5, 5.41) is 8.99. The molecule has 0 amide bonds. The number of aliphatic carboxylic acids is 1. The Morgan fingerprint density at radius 2 is 1.76 bits per heavy atom. The first-order valence-electron chi connectivity index (χ1n) is 6.59. The molecule has 0 bridgehead atoms. The Morgan fingerprint density at radius 1 is 1.18 bits per heavy atom. The van der Waals surface area contributed by atoms with Crippen molar-refractivity contribution < 1.29 is 9.90 Å². The van der Waals surface area contributed by atoms with Gasteiger partial charge in [0.1, 0.15) is 0 Å². The van der Waals surface area contributed by atoms with Crippen molar-refractivity contribution in [3.05, 3.63) is 35.4 Å². The van der Waals surface area contributed by atoms with Crippen LogP contribution in [0.3, 0.4) is 0 Å². The van der Waals surface area contributed by atoms with Gasteiger partial charge in [0.25, 0.3) is 0 Å². The summed E-state index contributed by atoms with van der Waals surface area (Å²) in [5.74, 6) is -0.961. The zero-order chi connectivity index (χ0) is 13.3. The third-order valence-electron chi connectivity index (χ3n) is 2.67. The molecule has 96 valence electrons. The minimum absolute atomic E-state index is 0.273. The molecule has 1 aliphatic carbocycles. The SMILES string of the molecule is CC.CC.O=C(O)C1CCCc2ccccc21. The first-order chi connectivity index (χ1) is 8.29. The molecule has 1 N–H and O–H groups in total. The number of fused-ring (bicyclic) bond motifs is 1. The first-order valence-corrected chi connectivity index (χ1v) is 6.59. The highest BCUT2D eigenvalue weighted by atomic mass is 16.4. The second-order valence-corrected chi connectivity index (χ2v) is 3.48. The zero-order valence-electron chi connectivity index (χ0n) is 11.4. The summed E-state index contributed by atoms with van der Waals surface area (Å²) in [6.45, 7) is 8.00. The number of hydrogen-bond donors (Lipinski definition) is 1. The Bertz CT molecular complexity index is 331. The monoisotopic (exact) mass is 236 g/mol. The lowest BCUT2D eigenvalue weighted by Crippen LogP contribution is -2.17. The van der Waals surface area contributed by atoms with Crippen LogP contribution in [0.15, 0.2) is 24.3 Å². The predicted molar refractivity (Wildman–Crippen MR) is 72.5 cm³/mol. The van der Waals surface area contributed by atoms with Gasteiger partial charge >= 0.3 is 5.97 Å².